The van der Waals surface area contributed by atoms with E-state index in [1.54, 1.807) is 12.1 Å². The molecule has 0 aliphatic heterocycles. The third-order valence-corrected chi connectivity index (χ3v) is 2.14. The second-order valence-corrected chi connectivity index (χ2v) is 3.06. The molecule has 1 aromatic rings. The molecule has 0 bridgehead atoms. The highest BCUT2D eigenvalue weighted by atomic mass is 16.5. The van der Waals surface area contributed by atoms with E-state index in [0.29, 0.717) is 5.75 Å². The van der Waals surface area contributed by atoms with Crippen LogP contribution in [0.2, 0.25) is 0 Å². The van der Waals surface area contributed by atoms with Gasteiger partial charge in [0.05, 0.1) is 18.7 Å². The van der Waals surface area contributed by atoms with Crippen molar-refractivity contribution in [3.05, 3.63) is 29.3 Å². The molecule has 0 radical (unpaired) electrons. The van der Waals surface area contributed by atoms with Gasteiger partial charge in [-0.25, -0.2) is 0 Å². The Balaban J connectivity index is 3.25. The summed E-state index contributed by atoms with van der Waals surface area (Å²) in [7, 11) is 1.40. The zero-order valence-electron chi connectivity index (χ0n) is 8.58. The summed E-state index contributed by atoms with van der Waals surface area (Å²) in [6.07, 6.45) is -2.99. The second kappa shape index (κ2) is 5.13. The molecule has 1 aromatic carbocycles. The lowest BCUT2D eigenvalue weighted by atomic mass is 9.99. The minimum Gasteiger partial charge on any atom is -0.495 e. The van der Waals surface area contributed by atoms with Crippen molar-refractivity contribution in [1.29, 1.82) is 10.5 Å². The Labute approximate surface area is 92.7 Å². The molecule has 0 saturated carbocycles. The fourth-order valence-electron chi connectivity index (χ4n) is 1.33. The minimum atomic E-state index is -1.57. The van der Waals surface area contributed by atoms with Gasteiger partial charge in [0.1, 0.15) is 17.9 Å². The fraction of sp³-hybridized carbons (Fsp3) is 0.273. The summed E-state index contributed by atoms with van der Waals surface area (Å²) < 4.78 is 4.94. The van der Waals surface area contributed by atoms with Crippen molar-refractivity contribution in [1.82, 2.24) is 0 Å². The lowest BCUT2D eigenvalue weighted by molar-refractivity contribution is 0.0524. The number of hydrogen-bond donors (Lipinski definition) is 2. The summed E-state index contributed by atoms with van der Waals surface area (Å²) in [5, 5.41) is 36.3. The molecule has 0 saturated heterocycles. The summed E-state index contributed by atoms with van der Waals surface area (Å²) in [6, 6.07) is 7.98. The van der Waals surface area contributed by atoms with Crippen LogP contribution in [0.1, 0.15) is 17.2 Å². The maximum Gasteiger partial charge on any atom is 0.170 e. The van der Waals surface area contributed by atoms with E-state index < -0.39 is 12.2 Å². The summed E-state index contributed by atoms with van der Waals surface area (Å²) in [5.41, 5.74) is 0.294. The van der Waals surface area contributed by atoms with E-state index in [4.69, 9.17) is 15.3 Å². The summed E-state index contributed by atoms with van der Waals surface area (Å²) >= 11 is 0. The van der Waals surface area contributed by atoms with E-state index in [1.165, 1.54) is 19.2 Å². The molecule has 5 nitrogen and oxygen atoms in total. The SMILES string of the molecule is COc1cccc(C(O)C(O)C#N)c1C#N. The van der Waals surface area contributed by atoms with E-state index >= 15 is 0 Å². The molecule has 1 rings (SSSR count). The number of methoxy groups -OCH3 is 1. The van der Waals surface area contributed by atoms with E-state index in [9.17, 15) is 10.2 Å². The molecule has 5 heteroatoms. The molecule has 0 fully saturated rings. The summed E-state index contributed by atoms with van der Waals surface area (Å²) in [4.78, 5) is 0. The highest BCUT2D eigenvalue weighted by Crippen LogP contribution is 2.27. The molecule has 0 aliphatic carbocycles. The third-order valence-electron chi connectivity index (χ3n) is 2.14. The van der Waals surface area contributed by atoms with Crippen molar-refractivity contribution in [3.8, 4) is 17.9 Å². The van der Waals surface area contributed by atoms with Gasteiger partial charge in [0.15, 0.2) is 6.10 Å². The first kappa shape index (κ1) is 12.0. The highest BCUT2D eigenvalue weighted by Gasteiger charge is 2.22. The van der Waals surface area contributed by atoms with E-state index in [0.717, 1.165) is 0 Å². The minimum absolute atomic E-state index is 0.117. The van der Waals surface area contributed by atoms with Crippen LogP contribution >= 0.6 is 0 Å². The average molecular weight is 218 g/mol. The van der Waals surface area contributed by atoms with Crippen molar-refractivity contribution < 1.29 is 14.9 Å². The molecule has 0 spiro atoms. The molecule has 16 heavy (non-hydrogen) atoms. The Bertz CT molecular complexity index is 459. The van der Waals surface area contributed by atoms with Crippen LogP contribution in [0.3, 0.4) is 0 Å². The highest BCUT2D eigenvalue weighted by molar-refractivity contribution is 5.50. The lowest BCUT2D eigenvalue weighted by Crippen LogP contribution is -2.17. The van der Waals surface area contributed by atoms with E-state index in [2.05, 4.69) is 0 Å². The van der Waals surface area contributed by atoms with Gasteiger partial charge in [0.2, 0.25) is 0 Å². The largest absolute Gasteiger partial charge is 0.495 e. The number of nitriles is 2. The first-order chi connectivity index (χ1) is 7.65. The van der Waals surface area contributed by atoms with Crippen molar-refractivity contribution in [2.45, 2.75) is 12.2 Å². The van der Waals surface area contributed by atoms with Gasteiger partial charge < -0.3 is 14.9 Å². The fourth-order valence-corrected chi connectivity index (χ4v) is 1.33. The van der Waals surface area contributed by atoms with Crippen molar-refractivity contribution in [3.63, 3.8) is 0 Å². The normalized spacial score (nSPS) is 13.3. The van der Waals surface area contributed by atoms with Crippen LogP contribution in [0.15, 0.2) is 18.2 Å². The van der Waals surface area contributed by atoms with Gasteiger partial charge in [-0.3, -0.25) is 0 Å². The van der Waals surface area contributed by atoms with Crippen LogP contribution in [0.25, 0.3) is 0 Å². The number of nitrogens with zero attached hydrogens (tertiary/aromatic N) is 2. The number of rotatable bonds is 3. The Morgan fingerprint density at radius 2 is 2.00 bits per heavy atom. The van der Waals surface area contributed by atoms with Crippen molar-refractivity contribution in [2.75, 3.05) is 7.11 Å². The first-order valence-corrected chi connectivity index (χ1v) is 4.48. The topological polar surface area (TPSA) is 97.3 Å². The Kier molecular flexibility index (Phi) is 3.84. The van der Waals surface area contributed by atoms with Gasteiger partial charge in [0.25, 0.3) is 0 Å². The number of aliphatic hydroxyl groups excluding tert-OH is 2. The maximum atomic E-state index is 9.64. The molecule has 0 amide bonds. The van der Waals surface area contributed by atoms with Gasteiger partial charge in [-0.15, -0.1) is 0 Å². The first-order valence-electron chi connectivity index (χ1n) is 4.48. The monoisotopic (exact) mass is 218 g/mol. The summed E-state index contributed by atoms with van der Waals surface area (Å²) in [5.74, 6) is 0.296. The van der Waals surface area contributed by atoms with Crippen LogP contribution in [0.5, 0.6) is 5.75 Å². The molecule has 0 aliphatic rings. The smallest absolute Gasteiger partial charge is 0.170 e. The Morgan fingerprint density at radius 3 is 2.50 bits per heavy atom. The number of benzene rings is 1. The summed E-state index contributed by atoms with van der Waals surface area (Å²) in [6.45, 7) is 0. The quantitative estimate of drug-likeness (QED) is 0.719. The zero-order valence-corrected chi connectivity index (χ0v) is 8.58. The van der Waals surface area contributed by atoms with Gasteiger partial charge in [0, 0.05) is 5.56 Å². The van der Waals surface area contributed by atoms with Crippen LogP contribution in [0.4, 0.5) is 0 Å². The van der Waals surface area contributed by atoms with E-state index in [-0.39, 0.29) is 11.1 Å². The number of aliphatic hydroxyl groups is 2. The number of ether oxygens (including phenoxy) is 1. The molecule has 2 N–H and O–H groups in total. The predicted molar refractivity (Wildman–Crippen MR) is 54.3 cm³/mol. The van der Waals surface area contributed by atoms with Crippen molar-refractivity contribution in [2.24, 2.45) is 0 Å². The van der Waals surface area contributed by atoms with Gasteiger partial charge >= 0.3 is 0 Å². The lowest BCUT2D eigenvalue weighted by Gasteiger charge is -2.15. The Morgan fingerprint density at radius 1 is 1.31 bits per heavy atom. The van der Waals surface area contributed by atoms with Crippen LogP contribution in [-0.2, 0) is 0 Å². The van der Waals surface area contributed by atoms with Crippen molar-refractivity contribution >= 4 is 0 Å². The molecule has 0 heterocycles. The number of hydrogen-bond acceptors (Lipinski definition) is 5. The standard InChI is InChI=1S/C11H10N2O3/c1-16-10-4-2-3-7(8(10)5-12)11(15)9(14)6-13/h2-4,9,11,14-15H,1H3. The average Bonchev–Trinajstić information content (AvgIpc) is 2.35. The molecule has 2 atom stereocenters. The van der Waals surface area contributed by atoms with Gasteiger partial charge in [-0.1, -0.05) is 12.1 Å². The molecule has 2 unspecified atom stereocenters. The van der Waals surface area contributed by atoms with Crippen LogP contribution in [-0.4, -0.2) is 23.4 Å². The van der Waals surface area contributed by atoms with Crippen LogP contribution in [0, 0.1) is 22.7 Å². The predicted octanol–water partition coefficient (Wildman–Crippen LogP) is 0.485. The zero-order chi connectivity index (χ0) is 12.1. The molecular weight excluding hydrogens is 208 g/mol. The maximum absolute atomic E-state index is 9.64. The molecule has 0 aromatic heterocycles. The van der Waals surface area contributed by atoms with Crippen LogP contribution < -0.4 is 4.74 Å². The Hall–Kier alpha value is -2.08. The van der Waals surface area contributed by atoms with Gasteiger partial charge in [-0.2, -0.15) is 10.5 Å². The molecule has 82 valence electrons. The van der Waals surface area contributed by atoms with E-state index in [1.807, 2.05) is 6.07 Å². The third kappa shape index (κ3) is 2.12. The molecular formula is C11H10N2O3. The van der Waals surface area contributed by atoms with Gasteiger partial charge in [-0.05, 0) is 6.07 Å². The second-order valence-electron chi connectivity index (χ2n) is 3.06.